The van der Waals surface area contributed by atoms with Crippen LogP contribution in [0.3, 0.4) is 0 Å². The Balaban J connectivity index is 3.12. The van der Waals surface area contributed by atoms with Gasteiger partial charge >= 0.3 is 0 Å². The quantitative estimate of drug-likeness (QED) is 0.713. The molecule has 0 N–H and O–H groups in total. The Hall–Kier alpha value is -1.24. The molecule has 0 amide bonds. The highest BCUT2D eigenvalue weighted by Gasteiger charge is 2.08. The Morgan fingerprint density at radius 2 is 2.06 bits per heavy atom. The van der Waals surface area contributed by atoms with Crippen LogP contribution < -0.4 is 4.74 Å². The van der Waals surface area contributed by atoms with Crippen molar-refractivity contribution >= 4 is 0 Å². The summed E-state index contributed by atoms with van der Waals surface area (Å²) < 4.78 is 5.58. The van der Waals surface area contributed by atoms with E-state index >= 15 is 0 Å². The molecular weight excluding hydrogens is 196 g/mol. The molecule has 0 atom stereocenters. The highest BCUT2D eigenvalue weighted by atomic mass is 16.5. The normalized spacial score (nSPS) is 10.9. The van der Waals surface area contributed by atoms with E-state index in [9.17, 15) is 0 Å². The first-order chi connectivity index (χ1) is 7.58. The van der Waals surface area contributed by atoms with Gasteiger partial charge in [0.05, 0.1) is 6.61 Å². The minimum Gasteiger partial charge on any atom is -0.494 e. The molecule has 0 spiro atoms. The molecule has 0 unspecified atom stereocenters. The van der Waals surface area contributed by atoms with Gasteiger partial charge in [-0.1, -0.05) is 32.9 Å². The molecule has 87 valence electrons. The smallest absolute Gasteiger partial charge is 0.119 e. The zero-order valence-corrected chi connectivity index (χ0v) is 10.7. The largest absolute Gasteiger partial charge is 0.494 e. The third-order valence-corrected chi connectivity index (χ3v) is 2.67. The van der Waals surface area contributed by atoms with Crippen molar-refractivity contribution < 1.29 is 4.74 Å². The van der Waals surface area contributed by atoms with Crippen LogP contribution in [-0.2, 0) is 0 Å². The number of hydrogen-bond donors (Lipinski definition) is 0. The molecule has 0 aliphatic carbocycles. The molecule has 0 aliphatic heterocycles. The predicted molar refractivity (Wildman–Crippen MR) is 69.9 cm³/mol. The van der Waals surface area contributed by atoms with Gasteiger partial charge in [-0.15, -0.1) is 6.58 Å². The molecule has 0 bridgehead atoms. The number of benzene rings is 1. The summed E-state index contributed by atoms with van der Waals surface area (Å²) in [5.74, 6) is 2.64. The lowest BCUT2D eigenvalue weighted by Crippen LogP contribution is -1.98. The number of ether oxygens (including phenoxy) is 1. The summed E-state index contributed by atoms with van der Waals surface area (Å²) >= 11 is 0. The first-order valence-electron chi connectivity index (χ1n) is 5.82. The van der Waals surface area contributed by atoms with Crippen molar-refractivity contribution in [2.45, 2.75) is 33.6 Å². The van der Waals surface area contributed by atoms with Crippen molar-refractivity contribution in [2.24, 2.45) is 0 Å². The fraction of sp³-hybridized carbons (Fsp3) is 0.400. The maximum Gasteiger partial charge on any atom is 0.119 e. The van der Waals surface area contributed by atoms with E-state index < -0.39 is 0 Å². The monoisotopic (exact) mass is 217 g/mol. The molecule has 1 aromatic carbocycles. The highest BCUT2D eigenvalue weighted by Crippen LogP contribution is 2.27. The summed E-state index contributed by atoms with van der Waals surface area (Å²) in [4.78, 5) is 0. The van der Waals surface area contributed by atoms with E-state index in [4.69, 9.17) is 4.74 Å². The summed E-state index contributed by atoms with van der Waals surface area (Å²) in [6.07, 6.45) is 1.88. The molecule has 0 aromatic heterocycles. The van der Waals surface area contributed by atoms with Crippen LogP contribution in [0.4, 0.5) is 0 Å². The second-order valence-electron chi connectivity index (χ2n) is 4.27. The zero-order valence-electron chi connectivity index (χ0n) is 10.7. The zero-order chi connectivity index (χ0) is 12.1. The molecule has 0 fully saturated rings. The number of hydrogen-bond acceptors (Lipinski definition) is 1. The molecular formula is C15H21O. The fourth-order valence-electron chi connectivity index (χ4n) is 1.55. The Bertz CT molecular complexity index is 352. The van der Waals surface area contributed by atoms with Crippen molar-refractivity contribution in [1.29, 1.82) is 0 Å². The summed E-state index contributed by atoms with van der Waals surface area (Å²) in [5.41, 5.74) is 2.51. The Labute approximate surface area is 99.1 Å². The van der Waals surface area contributed by atoms with Gasteiger partial charge in [-0.2, -0.15) is 0 Å². The summed E-state index contributed by atoms with van der Waals surface area (Å²) in [5, 5.41) is 0. The van der Waals surface area contributed by atoms with Crippen LogP contribution in [0.1, 0.15) is 44.7 Å². The summed E-state index contributed by atoms with van der Waals surface area (Å²) in [6.45, 7) is 13.0. The van der Waals surface area contributed by atoms with Crippen LogP contribution in [0.25, 0.3) is 0 Å². The van der Waals surface area contributed by atoms with Crippen LogP contribution in [0.5, 0.6) is 5.75 Å². The van der Waals surface area contributed by atoms with Crippen LogP contribution in [0.2, 0.25) is 0 Å². The van der Waals surface area contributed by atoms with Gasteiger partial charge in [0.2, 0.25) is 0 Å². The second kappa shape index (κ2) is 5.74. The molecule has 1 rings (SSSR count). The Morgan fingerprint density at radius 1 is 1.38 bits per heavy atom. The topological polar surface area (TPSA) is 9.23 Å². The molecule has 1 aromatic rings. The van der Waals surface area contributed by atoms with E-state index in [-0.39, 0.29) is 0 Å². The average Bonchev–Trinajstić information content (AvgIpc) is 2.28. The summed E-state index contributed by atoms with van der Waals surface area (Å²) in [7, 11) is 0. The van der Waals surface area contributed by atoms with Crippen molar-refractivity contribution in [1.82, 2.24) is 0 Å². The molecule has 1 radical (unpaired) electrons. The lowest BCUT2D eigenvalue weighted by molar-refractivity contribution is 0.339. The van der Waals surface area contributed by atoms with Crippen LogP contribution in [0.15, 0.2) is 30.9 Å². The van der Waals surface area contributed by atoms with Crippen molar-refractivity contribution in [3.8, 4) is 5.75 Å². The third kappa shape index (κ3) is 3.13. The molecule has 0 aliphatic rings. The average molecular weight is 217 g/mol. The van der Waals surface area contributed by atoms with Gasteiger partial charge in [0.15, 0.2) is 0 Å². The maximum absolute atomic E-state index is 5.58. The van der Waals surface area contributed by atoms with Crippen molar-refractivity contribution in [3.05, 3.63) is 47.9 Å². The van der Waals surface area contributed by atoms with Gasteiger partial charge < -0.3 is 4.74 Å². The van der Waals surface area contributed by atoms with Crippen molar-refractivity contribution in [3.63, 3.8) is 0 Å². The molecule has 16 heavy (non-hydrogen) atoms. The van der Waals surface area contributed by atoms with E-state index in [0.717, 1.165) is 5.75 Å². The van der Waals surface area contributed by atoms with Gasteiger partial charge in [0, 0.05) is 5.92 Å². The molecule has 0 heterocycles. The van der Waals surface area contributed by atoms with Gasteiger partial charge in [0.1, 0.15) is 5.75 Å². The van der Waals surface area contributed by atoms with Gasteiger partial charge in [-0.25, -0.2) is 0 Å². The SMILES string of the molecule is C=C[C](C)c1cc(OCC)cc(C(C)C)c1. The van der Waals surface area contributed by atoms with E-state index in [1.54, 1.807) is 0 Å². The first-order valence-corrected chi connectivity index (χ1v) is 5.82. The predicted octanol–water partition coefficient (Wildman–Crippen LogP) is 4.34. The first kappa shape index (κ1) is 12.8. The molecule has 0 saturated heterocycles. The lowest BCUT2D eigenvalue weighted by Gasteiger charge is -2.14. The van der Waals surface area contributed by atoms with Crippen LogP contribution >= 0.6 is 0 Å². The molecule has 0 saturated carbocycles. The summed E-state index contributed by atoms with van der Waals surface area (Å²) in [6, 6.07) is 6.41. The minimum absolute atomic E-state index is 0.511. The van der Waals surface area contributed by atoms with E-state index in [1.807, 2.05) is 13.0 Å². The van der Waals surface area contributed by atoms with Crippen LogP contribution in [-0.4, -0.2) is 6.61 Å². The molecule has 1 heteroatoms. The van der Waals surface area contributed by atoms with Crippen molar-refractivity contribution in [2.75, 3.05) is 6.61 Å². The number of allylic oxidation sites excluding steroid dienone is 1. The standard InChI is InChI=1S/C15H21O/c1-6-12(5)14-8-13(11(3)4)9-15(10-14)16-7-2/h6,8-11H,1,7H2,2-5H3. The fourth-order valence-corrected chi connectivity index (χ4v) is 1.55. The highest BCUT2D eigenvalue weighted by molar-refractivity contribution is 5.44. The van der Waals surface area contributed by atoms with E-state index in [0.29, 0.717) is 12.5 Å². The van der Waals surface area contributed by atoms with E-state index in [2.05, 4.69) is 45.5 Å². The second-order valence-corrected chi connectivity index (χ2v) is 4.27. The van der Waals surface area contributed by atoms with Gasteiger partial charge in [0.25, 0.3) is 0 Å². The lowest BCUT2D eigenvalue weighted by atomic mass is 9.94. The Kier molecular flexibility index (Phi) is 4.60. The van der Waals surface area contributed by atoms with Crippen LogP contribution in [0, 0.1) is 5.92 Å². The Morgan fingerprint density at radius 3 is 2.56 bits per heavy atom. The third-order valence-electron chi connectivity index (χ3n) is 2.67. The molecule has 1 nitrogen and oxygen atoms in total. The number of rotatable bonds is 5. The van der Waals surface area contributed by atoms with E-state index in [1.165, 1.54) is 17.0 Å². The maximum atomic E-state index is 5.58. The van der Waals surface area contributed by atoms with Gasteiger partial charge in [-0.05, 0) is 36.1 Å². The van der Waals surface area contributed by atoms with Gasteiger partial charge in [-0.3, -0.25) is 0 Å². The minimum atomic E-state index is 0.511.